The summed E-state index contributed by atoms with van der Waals surface area (Å²) in [6.45, 7) is 2.38. The number of nitrogens with zero attached hydrogens (tertiary/aromatic N) is 2. The van der Waals surface area contributed by atoms with E-state index >= 15 is 0 Å². The third-order valence-corrected chi connectivity index (χ3v) is 2.36. The predicted octanol–water partition coefficient (Wildman–Crippen LogP) is 1.72. The minimum atomic E-state index is -0.101. The molecule has 86 valence electrons. The number of carbonyl (C=O) groups excluding carboxylic acids is 1. The van der Waals surface area contributed by atoms with Crippen LogP contribution in [0.25, 0.3) is 0 Å². The van der Waals surface area contributed by atoms with Crippen LogP contribution >= 0.6 is 0 Å². The quantitative estimate of drug-likeness (QED) is 0.868. The molecule has 0 atom stereocenters. The smallest absolute Gasteiger partial charge is 0.251 e. The van der Waals surface area contributed by atoms with Crippen molar-refractivity contribution in [3.8, 4) is 0 Å². The van der Waals surface area contributed by atoms with Gasteiger partial charge in [0.2, 0.25) is 0 Å². The van der Waals surface area contributed by atoms with Crippen LogP contribution in [0.1, 0.15) is 21.6 Å². The number of hydrogen-bond donors (Lipinski definition) is 1. The Hall–Kier alpha value is -2.23. The van der Waals surface area contributed by atoms with Gasteiger partial charge in [0, 0.05) is 18.0 Å². The molecule has 0 bridgehead atoms. The first-order valence-electron chi connectivity index (χ1n) is 5.35. The molecular weight excluding hydrogens is 214 g/mol. The van der Waals surface area contributed by atoms with E-state index in [0.717, 1.165) is 11.3 Å². The monoisotopic (exact) mass is 227 g/mol. The molecule has 1 aromatic heterocycles. The van der Waals surface area contributed by atoms with Gasteiger partial charge in [-0.2, -0.15) is 0 Å². The van der Waals surface area contributed by atoms with Gasteiger partial charge in [0.1, 0.15) is 0 Å². The second-order valence-electron chi connectivity index (χ2n) is 3.75. The average Bonchev–Trinajstić information content (AvgIpc) is 2.38. The van der Waals surface area contributed by atoms with Gasteiger partial charge in [-0.15, -0.1) is 0 Å². The van der Waals surface area contributed by atoms with E-state index in [1.807, 2.05) is 19.1 Å². The highest BCUT2D eigenvalue weighted by Crippen LogP contribution is 2.03. The third kappa shape index (κ3) is 3.11. The SMILES string of the molecule is Cc1ccc(C(=O)NCc2cnccn2)cc1. The topological polar surface area (TPSA) is 54.9 Å². The first kappa shape index (κ1) is 11.3. The van der Waals surface area contributed by atoms with Gasteiger partial charge in [-0.05, 0) is 19.1 Å². The molecule has 1 heterocycles. The zero-order valence-corrected chi connectivity index (χ0v) is 9.55. The molecule has 0 aliphatic carbocycles. The summed E-state index contributed by atoms with van der Waals surface area (Å²) in [4.78, 5) is 19.8. The Kier molecular flexibility index (Phi) is 3.45. The van der Waals surface area contributed by atoms with Crippen molar-refractivity contribution in [1.29, 1.82) is 0 Å². The molecule has 0 aliphatic rings. The molecule has 1 amide bonds. The molecule has 0 fully saturated rings. The Morgan fingerprint density at radius 3 is 2.65 bits per heavy atom. The minimum absolute atomic E-state index is 0.101. The van der Waals surface area contributed by atoms with Crippen LogP contribution in [0.2, 0.25) is 0 Å². The summed E-state index contributed by atoms with van der Waals surface area (Å²) in [5.41, 5.74) is 2.53. The number of benzene rings is 1. The van der Waals surface area contributed by atoms with Crippen LogP contribution in [0, 0.1) is 6.92 Å². The molecule has 0 unspecified atom stereocenters. The lowest BCUT2D eigenvalue weighted by Gasteiger charge is -2.04. The molecule has 0 aliphatic heterocycles. The van der Waals surface area contributed by atoms with Crippen molar-refractivity contribution >= 4 is 5.91 Å². The highest BCUT2D eigenvalue weighted by molar-refractivity contribution is 5.94. The summed E-state index contributed by atoms with van der Waals surface area (Å²) in [6.07, 6.45) is 4.84. The summed E-state index contributed by atoms with van der Waals surface area (Å²) in [5, 5.41) is 2.79. The van der Waals surface area contributed by atoms with E-state index in [4.69, 9.17) is 0 Å². The van der Waals surface area contributed by atoms with E-state index in [2.05, 4.69) is 15.3 Å². The molecule has 2 rings (SSSR count). The van der Waals surface area contributed by atoms with Gasteiger partial charge < -0.3 is 5.32 Å². The highest BCUT2D eigenvalue weighted by Gasteiger charge is 2.04. The molecule has 0 radical (unpaired) electrons. The summed E-state index contributed by atoms with van der Waals surface area (Å²) >= 11 is 0. The Morgan fingerprint density at radius 2 is 2.00 bits per heavy atom. The van der Waals surface area contributed by atoms with E-state index in [9.17, 15) is 4.79 Å². The van der Waals surface area contributed by atoms with Crippen LogP contribution in [0.5, 0.6) is 0 Å². The van der Waals surface area contributed by atoms with Crippen molar-refractivity contribution in [2.24, 2.45) is 0 Å². The van der Waals surface area contributed by atoms with Crippen molar-refractivity contribution < 1.29 is 4.79 Å². The molecule has 2 aromatic rings. The van der Waals surface area contributed by atoms with Crippen LogP contribution in [0.3, 0.4) is 0 Å². The standard InChI is InChI=1S/C13H13N3O/c1-10-2-4-11(5-3-10)13(17)16-9-12-8-14-6-7-15-12/h2-8H,9H2,1H3,(H,16,17). The Bertz CT molecular complexity index is 494. The van der Waals surface area contributed by atoms with Crippen LogP contribution in [0.4, 0.5) is 0 Å². The van der Waals surface area contributed by atoms with Crippen molar-refractivity contribution in [2.45, 2.75) is 13.5 Å². The summed E-state index contributed by atoms with van der Waals surface area (Å²) in [5.74, 6) is -0.101. The van der Waals surface area contributed by atoms with Crippen LogP contribution in [-0.2, 0) is 6.54 Å². The maximum atomic E-state index is 11.8. The number of carbonyl (C=O) groups is 1. The summed E-state index contributed by atoms with van der Waals surface area (Å²) in [7, 11) is 0. The first-order valence-corrected chi connectivity index (χ1v) is 5.35. The van der Waals surface area contributed by atoms with Crippen LogP contribution in [-0.4, -0.2) is 15.9 Å². The normalized spacial score (nSPS) is 9.94. The number of rotatable bonds is 3. The number of aromatic nitrogens is 2. The van der Waals surface area contributed by atoms with Gasteiger partial charge >= 0.3 is 0 Å². The van der Waals surface area contributed by atoms with Gasteiger partial charge in [0.15, 0.2) is 0 Å². The van der Waals surface area contributed by atoms with E-state index < -0.39 is 0 Å². The lowest BCUT2D eigenvalue weighted by atomic mass is 10.1. The minimum Gasteiger partial charge on any atom is -0.346 e. The lowest BCUT2D eigenvalue weighted by molar-refractivity contribution is 0.0950. The van der Waals surface area contributed by atoms with Gasteiger partial charge in [0.05, 0.1) is 18.4 Å². The van der Waals surface area contributed by atoms with E-state index in [0.29, 0.717) is 12.1 Å². The third-order valence-electron chi connectivity index (χ3n) is 2.36. The summed E-state index contributed by atoms with van der Waals surface area (Å²) < 4.78 is 0. The first-order chi connectivity index (χ1) is 8.25. The second kappa shape index (κ2) is 5.21. The van der Waals surface area contributed by atoms with Crippen molar-refractivity contribution in [3.05, 3.63) is 59.7 Å². The van der Waals surface area contributed by atoms with Crippen molar-refractivity contribution in [1.82, 2.24) is 15.3 Å². The maximum absolute atomic E-state index is 11.8. The number of nitrogens with one attached hydrogen (secondary N) is 1. The number of aryl methyl sites for hydroxylation is 1. The van der Waals surface area contributed by atoms with Crippen molar-refractivity contribution in [2.75, 3.05) is 0 Å². The molecule has 0 saturated heterocycles. The molecule has 0 saturated carbocycles. The molecule has 1 aromatic carbocycles. The predicted molar refractivity (Wildman–Crippen MR) is 64.4 cm³/mol. The van der Waals surface area contributed by atoms with E-state index in [1.165, 1.54) is 0 Å². The average molecular weight is 227 g/mol. The molecular formula is C13H13N3O. The fourth-order valence-electron chi connectivity index (χ4n) is 1.40. The zero-order valence-electron chi connectivity index (χ0n) is 9.55. The second-order valence-corrected chi connectivity index (χ2v) is 3.75. The van der Waals surface area contributed by atoms with Gasteiger partial charge in [0.25, 0.3) is 5.91 Å². The van der Waals surface area contributed by atoms with Crippen molar-refractivity contribution in [3.63, 3.8) is 0 Å². The van der Waals surface area contributed by atoms with Gasteiger partial charge in [-0.25, -0.2) is 0 Å². The molecule has 0 spiro atoms. The Morgan fingerprint density at radius 1 is 1.24 bits per heavy atom. The summed E-state index contributed by atoms with van der Waals surface area (Å²) in [6, 6.07) is 7.44. The molecule has 4 nitrogen and oxygen atoms in total. The fraction of sp³-hybridized carbons (Fsp3) is 0.154. The van der Waals surface area contributed by atoms with Crippen LogP contribution in [0.15, 0.2) is 42.9 Å². The maximum Gasteiger partial charge on any atom is 0.251 e. The highest BCUT2D eigenvalue weighted by atomic mass is 16.1. The van der Waals surface area contributed by atoms with Gasteiger partial charge in [-0.1, -0.05) is 17.7 Å². The van der Waals surface area contributed by atoms with Gasteiger partial charge in [-0.3, -0.25) is 14.8 Å². The lowest BCUT2D eigenvalue weighted by Crippen LogP contribution is -2.23. The largest absolute Gasteiger partial charge is 0.346 e. The molecule has 17 heavy (non-hydrogen) atoms. The molecule has 4 heteroatoms. The number of amides is 1. The van der Waals surface area contributed by atoms with Crippen LogP contribution < -0.4 is 5.32 Å². The Balaban J connectivity index is 1.96. The van der Waals surface area contributed by atoms with E-state index in [-0.39, 0.29) is 5.91 Å². The fourth-order valence-corrected chi connectivity index (χ4v) is 1.40. The Labute approximate surface area is 99.7 Å². The van der Waals surface area contributed by atoms with E-state index in [1.54, 1.807) is 30.7 Å². The zero-order chi connectivity index (χ0) is 12.1. The molecule has 1 N–H and O–H groups in total. The number of hydrogen-bond acceptors (Lipinski definition) is 3.